The number of esters is 1. The summed E-state index contributed by atoms with van der Waals surface area (Å²) in [7, 11) is 3.01. The van der Waals surface area contributed by atoms with Gasteiger partial charge in [-0.25, -0.2) is 4.79 Å². The summed E-state index contributed by atoms with van der Waals surface area (Å²) in [6, 6.07) is 13.8. The number of carbonyl (C=O) groups is 1. The number of hydrogen-bond donors (Lipinski definition) is 0. The van der Waals surface area contributed by atoms with Crippen LogP contribution in [0.2, 0.25) is 0 Å². The lowest BCUT2D eigenvalue weighted by molar-refractivity contribution is -0.134. The largest absolute Gasteiger partial charge is 0.497 e. The minimum atomic E-state index is -0.368. The molecule has 0 atom stereocenters. The van der Waals surface area contributed by atoms with Crippen LogP contribution in [-0.2, 0) is 9.53 Å². The summed E-state index contributed by atoms with van der Waals surface area (Å²) >= 11 is 5.21. The summed E-state index contributed by atoms with van der Waals surface area (Å²) in [5.41, 5.74) is 0.927. The summed E-state index contributed by atoms with van der Waals surface area (Å²) in [4.78, 5) is 13.3. The monoisotopic (exact) mass is 378 g/mol. The number of carbonyl (C=O) groups excluding carboxylic acids is 1. The van der Waals surface area contributed by atoms with Crippen LogP contribution in [-0.4, -0.2) is 20.2 Å². The third-order valence-electron chi connectivity index (χ3n) is 2.86. The van der Waals surface area contributed by atoms with Crippen molar-refractivity contribution < 1.29 is 14.3 Å². The van der Waals surface area contributed by atoms with Gasteiger partial charge in [-0.15, -0.1) is 0 Å². The Morgan fingerprint density at radius 3 is 2.45 bits per heavy atom. The van der Waals surface area contributed by atoms with Crippen molar-refractivity contribution in [2.75, 3.05) is 14.2 Å². The van der Waals surface area contributed by atoms with Gasteiger partial charge in [0.25, 0.3) is 0 Å². The highest BCUT2D eigenvalue weighted by molar-refractivity contribution is 9.10. The molecule has 0 bridgehead atoms. The zero-order valence-corrected chi connectivity index (χ0v) is 14.6. The molecule has 0 aliphatic heterocycles. The Morgan fingerprint density at radius 1 is 1.14 bits per heavy atom. The third-order valence-corrected chi connectivity index (χ3v) is 4.86. The number of methoxy groups -OCH3 is 2. The van der Waals surface area contributed by atoms with Crippen molar-refractivity contribution in [1.29, 1.82) is 0 Å². The molecule has 0 N–H and O–H groups in total. The molecular weight excluding hydrogens is 364 g/mol. The lowest BCUT2D eigenvalue weighted by Crippen LogP contribution is -1.93. The van der Waals surface area contributed by atoms with Crippen LogP contribution >= 0.6 is 27.7 Å². The molecule has 0 amide bonds. The average molecular weight is 379 g/mol. The second-order valence-corrected chi connectivity index (χ2v) is 6.29. The van der Waals surface area contributed by atoms with Gasteiger partial charge in [-0.05, 0) is 64.0 Å². The lowest BCUT2D eigenvalue weighted by Gasteiger charge is -2.06. The van der Waals surface area contributed by atoms with E-state index in [1.54, 1.807) is 24.9 Å². The van der Waals surface area contributed by atoms with Gasteiger partial charge in [0.05, 0.1) is 14.2 Å². The molecule has 2 rings (SSSR count). The maximum Gasteiger partial charge on any atom is 0.330 e. The Kier molecular flexibility index (Phi) is 6.10. The van der Waals surface area contributed by atoms with E-state index in [9.17, 15) is 4.79 Å². The summed E-state index contributed by atoms with van der Waals surface area (Å²) in [6.07, 6.45) is 3.12. The van der Waals surface area contributed by atoms with E-state index in [1.807, 2.05) is 42.5 Å². The predicted molar refractivity (Wildman–Crippen MR) is 92.3 cm³/mol. The normalized spacial score (nSPS) is 10.7. The van der Waals surface area contributed by atoms with Gasteiger partial charge in [0.1, 0.15) is 5.75 Å². The topological polar surface area (TPSA) is 35.5 Å². The van der Waals surface area contributed by atoms with Crippen molar-refractivity contribution in [3.05, 3.63) is 58.6 Å². The fraction of sp³-hybridized carbons (Fsp3) is 0.118. The molecular formula is C17H15BrO3S. The quantitative estimate of drug-likeness (QED) is 0.553. The van der Waals surface area contributed by atoms with E-state index in [0.717, 1.165) is 25.6 Å². The van der Waals surface area contributed by atoms with Gasteiger partial charge < -0.3 is 9.47 Å². The second-order valence-electron chi connectivity index (χ2n) is 4.32. The maximum absolute atomic E-state index is 11.1. The Balaban J connectivity index is 2.12. The number of hydrogen-bond acceptors (Lipinski definition) is 4. The highest BCUT2D eigenvalue weighted by atomic mass is 79.9. The number of halogens is 1. The van der Waals surface area contributed by atoms with Gasteiger partial charge >= 0.3 is 5.97 Å². The van der Waals surface area contributed by atoms with Crippen LogP contribution in [0, 0.1) is 0 Å². The summed E-state index contributed by atoms with van der Waals surface area (Å²) in [6.45, 7) is 0. The molecule has 0 heterocycles. The first kappa shape index (κ1) is 16.6. The molecule has 0 saturated carbocycles. The van der Waals surface area contributed by atoms with E-state index in [2.05, 4.69) is 20.7 Å². The molecule has 0 unspecified atom stereocenters. The summed E-state index contributed by atoms with van der Waals surface area (Å²) in [5, 5.41) is 0. The molecule has 0 aromatic heterocycles. The number of benzene rings is 2. The van der Waals surface area contributed by atoms with Crippen LogP contribution in [0.5, 0.6) is 5.75 Å². The molecule has 0 saturated heterocycles. The van der Waals surface area contributed by atoms with Gasteiger partial charge in [-0.1, -0.05) is 17.8 Å². The van der Waals surface area contributed by atoms with Crippen molar-refractivity contribution in [2.24, 2.45) is 0 Å². The van der Waals surface area contributed by atoms with Crippen LogP contribution in [0.3, 0.4) is 0 Å². The first-order valence-corrected chi connectivity index (χ1v) is 8.11. The smallest absolute Gasteiger partial charge is 0.330 e. The second kappa shape index (κ2) is 8.06. The Morgan fingerprint density at radius 2 is 1.86 bits per heavy atom. The maximum atomic E-state index is 11.1. The Hall–Kier alpha value is -1.72. The van der Waals surface area contributed by atoms with Crippen LogP contribution in [0.15, 0.2) is 62.8 Å². The van der Waals surface area contributed by atoms with Crippen LogP contribution < -0.4 is 4.74 Å². The molecule has 22 heavy (non-hydrogen) atoms. The van der Waals surface area contributed by atoms with Crippen molar-refractivity contribution in [2.45, 2.75) is 9.79 Å². The lowest BCUT2D eigenvalue weighted by atomic mass is 10.2. The Labute approximate surface area is 142 Å². The predicted octanol–water partition coefficient (Wildman–Crippen LogP) is 4.80. The van der Waals surface area contributed by atoms with Gasteiger partial charge in [-0.3, -0.25) is 0 Å². The van der Waals surface area contributed by atoms with E-state index in [1.165, 1.54) is 13.2 Å². The van der Waals surface area contributed by atoms with Gasteiger partial charge in [0.15, 0.2) is 0 Å². The molecule has 0 spiro atoms. The van der Waals surface area contributed by atoms with E-state index >= 15 is 0 Å². The van der Waals surface area contributed by atoms with Crippen molar-refractivity contribution in [3.63, 3.8) is 0 Å². The SMILES string of the molecule is COC(=O)C=Cc1ccc(Sc2ccc(OC)cc2)c(Br)c1. The molecule has 5 heteroatoms. The number of ether oxygens (including phenoxy) is 2. The standard InChI is InChI=1S/C17H15BrO3S/c1-20-13-5-7-14(8-6-13)22-16-9-3-12(11-15(16)18)4-10-17(19)21-2/h3-11H,1-2H3. The van der Waals surface area contributed by atoms with Gasteiger partial charge in [0, 0.05) is 20.3 Å². The summed E-state index contributed by atoms with van der Waals surface area (Å²) < 4.78 is 10.7. The minimum absolute atomic E-state index is 0.368. The zero-order chi connectivity index (χ0) is 15.9. The highest BCUT2D eigenvalue weighted by Gasteiger charge is 2.04. The van der Waals surface area contributed by atoms with Crippen molar-refractivity contribution >= 4 is 39.7 Å². The zero-order valence-electron chi connectivity index (χ0n) is 12.2. The first-order valence-electron chi connectivity index (χ1n) is 6.50. The molecule has 0 aliphatic carbocycles. The van der Waals surface area contributed by atoms with Gasteiger partial charge in [0.2, 0.25) is 0 Å². The number of rotatable bonds is 5. The van der Waals surface area contributed by atoms with Crippen LogP contribution in [0.1, 0.15) is 5.56 Å². The van der Waals surface area contributed by atoms with E-state index < -0.39 is 0 Å². The molecule has 2 aromatic rings. The van der Waals surface area contributed by atoms with Crippen molar-refractivity contribution in [1.82, 2.24) is 0 Å². The molecule has 114 valence electrons. The molecule has 2 aromatic carbocycles. The van der Waals surface area contributed by atoms with Crippen molar-refractivity contribution in [3.8, 4) is 5.75 Å². The average Bonchev–Trinajstić information content (AvgIpc) is 2.55. The third kappa shape index (κ3) is 4.64. The molecule has 0 aliphatic rings. The molecule has 3 nitrogen and oxygen atoms in total. The van der Waals surface area contributed by atoms with E-state index in [4.69, 9.17) is 4.74 Å². The summed E-state index contributed by atoms with van der Waals surface area (Å²) in [5.74, 6) is 0.472. The fourth-order valence-corrected chi connectivity index (χ4v) is 3.16. The van der Waals surface area contributed by atoms with Gasteiger partial charge in [-0.2, -0.15) is 0 Å². The van der Waals surface area contributed by atoms with Crippen LogP contribution in [0.25, 0.3) is 6.08 Å². The van der Waals surface area contributed by atoms with E-state index in [0.29, 0.717) is 0 Å². The van der Waals surface area contributed by atoms with E-state index in [-0.39, 0.29) is 5.97 Å². The fourth-order valence-electron chi connectivity index (χ4n) is 1.71. The first-order chi connectivity index (χ1) is 10.6. The highest BCUT2D eigenvalue weighted by Crippen LogP contribution is 2.34. The molecule has 0 fully saturated rings. The Bertz CT molecular complexity index is 681. The minimum Gasteiger partial charge on any atom is -0.497 e. The van der Waals surface area contributed by atoms with Crippen LogP contribution in [0.4, 0.5) is 0 Å². The molecule has 0 radical (unpaired) electrons.